The molecule has 6 nitrogen and oxygen atoms in total. The highest BCUT2D eigenvalue weighted by molar-refractivity contribution is 7.09. The number of benzene rings is 1. The molecule has 0 N–H and O–H groups in total. The molecule has 1 aromatic carbocycles. The van der Waals surface area contributed by atoms with Crippen molar-refractivity contribution in [2.75, 3.05) is 13.1 Å². The van der Waals surface area contributed by atoms with Crippen LogP contribution in [0.1, 0.15) is 31.6 Å². The summed E-state index contributed by atoms with van der Waals surface area (Å²) in [6.07, 6.45) is 2.33. The van der Waals surface area contributed by atoms with Crippen molar-refractivity contribution in [2.24, 2.45) is 0 Å². The van der Waals surface area contributed by atoms with Crippen LogP contribution in [0.3, 0.4) is 0 Å². The van der Waals surface area contributed by atoms with E-state index in [-0.39, 0.29) is 18.0 Å². The molecular formula is C22H27N3O3S. The molecule has 0 spiro atoms. The topological polar surface area (TPSA) is 64.3 Å². The van der Waals surface area contributed by atoms with Gasteiger partial charge in [0.05, 0.1) is 10.9 Å². The van der Waals surface area contributed by atoms with E-state index in [2.05, 4.69) is 0 Å². The zero-order chi connectivity index (χ0) is 20.8. The number of rotatable bonds is 9. The molecule has 3 aromatic rings. The summed E-state index contributed by atoms with van der Waals surface area (Å²) in [5, 5.41) is 2.44. The molecule has 0 saturated carbocycles. The van der Waals surface area contributed by atoms with Crippen LogP contribution >= 0.6 is 11.3 Å². The minimum absolute atomic E-state index is 0.0569. The van der Waals surface area contributed by atoms with Gasteiger partial charge in [0.15, 0.2) is 0 Å². The average molecular weight is 414 g/mol. The monoisotopic (exact) mass is 413 g/mol. The van der Waals surface area contributed by atoms with Crippen molar-refractivity contribution < 1.29 is 4.79 Å². The Kier molecular flexibility index (Phi) is 7.04. The molecule has 0 atom stereocenters. The molecule has 0 radical (unpaired) electrons. The molecular weight excluding hydrogens is 386 g/mol. The number of hydrogen-bond acceptors (Lipinski definition) is 4. The quantitative estimate of drug-likeness (QED) is 0.541. The van der Waals surface area contributed by atoms with E-state index in [1.54, 1.807) is 40.5 Å². The van der Waals surface area contributed by atoms with Crippen molar-refractivity contribution >= 4 is 28.1 Å². The summed E-state index contributed by atoms with van der Waals surface area (Å²) in [5.41, 5.74) is -0.215. The van der Waals surface area contributed by atoms with Crippen LogP contribution in [-0.4, -0.2) is 33.0 Å². The average Bonchev–Trinajstić information content (AvgIpc) is 3.24. The molecule has 154 valence electrons. The summed E-state index contributed by atoms with van der Waals surface area (Å²) in [7, 11) is 0. The predicted octanol–water partition coefficient (Wildman–Crippen LogP) is 3.12. The van der Waals surface area contributed by atoms with Gasteiger partial charge in [0.2, 0.25) is 5.91 Å². The number of amides is 1. The lowest BCUT2D eigenvalue weighted by atomic mass is 10.2. The first-order chi connectivity index (χ1) is 14.1. The molecule has 0 saturated heterocycles. The van der Waals surface area contributed by atoms with Gasteiger partial charge in [-0.05, 0) is 42.8 Å². The van der Waals surface area contributed by atoms with Gasteiger partial charge in [-0.15, -0.1) is 11.3 Å². The second-order valence-corrected chi connectivity index (χ2v) is 8.09. The number of carbonyl (C=O) groups excluding carboxylic acids is 1. The highest BCUT2D eigenvalue weighted by Crippen LogP contribution is 2.11. The molecule has 3 rings (SSSR count). The Morgan fingerprint density at radius 3 is 2.38 bits per heavy atom. The Labute approximate surface area is 174 Å². The second kappa shape index (κ2) is 9.69. The van der Waals surface area contributed by atoms with E-state index in [1.165, 1.54) is 9.13 Å². The zero-order valence-electron chi connectivity index (χ0n) is 17.0. The van der Waals surface area contributed by atoms with Crippen molar-refractivity contribution in [2.45, 2.75) is 46.2 Å². The van der Waals surface area contributed by atoms with E-state index in [0.717, 1.165) is 17.7 Å². The SMILES string of the molecule is CCCN(CCC)C(=O)Cn1c(=O)n(CCc2cccs2)c(=O)c2ccccc21. The molecule has 0 aliphatic carbocycles. The number of fused-ring (bicyclic) bond motifs is 1. The van der Waals surface area contributed by atoms with Crippen molar-refractivity contribution in [3.63, 3.8) is 0 Å². The van der Waals surface area contributed by atoms with E-state index in [0.29, 0.717) is 37.0 Å². The van der Waals surface area contributed by atoms with Crippen LogP contribution in [0, 0.1) is 0 Å². The van der Waals surface area contributed by atoms with Crippen molar-refractivity contribution in [1.82, 2.24) is 14.0 Å². The van der Waals surface area contributed by atoms with Crippen molar-refractivity contribution in [1.29, 1.82) is 0 Å². The first kappa shape index (κ1) is 21.0. The number of para-hydroxylation sites is 1. The minimum Gasteiger partial charge on any atom is -0.341 e. The van der Waals surface area contributed by atoms with Crippen LogP contribution in [0.5, 0.6) is 0 Å². The maximum atomic E-state index is 13.2. The Hall–Kier alpha value is -2.67. The molecule has 29 heavy (non-hydrogen) atoms. The van der Waals surface area contributed by atoms with Gasteiger partial charge in [-0.3, -0.25) is 18.7 Å². The van der Waals surface area contributed by atoms with Crippen LogP contribution in [-0.2, 0) is 24.3 Å². The lowest BCUT2D eigenvalue weighted by Gasteiger charge is -2.22. The maximum Gasteiger partial charge on any atom is 0.331 e. The number of carbonyl (C=O) groups is 1. The van der Waals surface area contributed by atoms with Gasteiger partial charge in [0.1, 0.15) is 6.54 Å². The zero-order valence-corrected chi connectivity index (χ0v) is 17.8. The van der Waals surface area contributed by atoms with Gasteiger partial charge < -0.3 is 4.90 Å². The fraction of sp³-hybridized carbons (Fsp3) is 0.409. The maximum absolute atomic E-state index is 13.2. The molecule has 2 heterocycles. The fourth-order valence-corrected chi connectivity index (χ4v) is 4.23. The van der Waals surface area contributed by atoms with Crippen LogP contribution in [0.2, 0.25) is 0 Å². The molecule has 7 heteroatoms. The van der Waals surface area contributed by atoms with E-state index < -0.39 is 5.69 Å². The third kappa shape index (κ3) is 4.67. The summed E-state index contributed by atoms with van der Waals surface area (Å²) in [4.78, 5) is 42.0. The van der Waals surface area contributed by atoms with Gasteiger partial charge >= 0.3 is 5.69 Å². The number of aromatic nitrogens is 2. The summed E-state index contributed by atoms with van der Waals surface area (Å²) in [5.74, 6) is -0.0931. The molecule has 0 aliphatic rings. The Balaban J connectivity index is 2.02. The minimum atomic E-state index is -0.424. The summed E-state index contributed by atoms with van der Waals surface area (Å²) < 4.78 is 2.71. The summed E-state index contributed by atoms with van der Waals surface area (Å²) >= 11 is 1.60. The second-order valence-electron chi connectivity index (χ2n) is 7.05. The number of hydrogen-bond donors (Lipinski definition) is 0. The lowest BCUT2D eigenvalue weighted by Crippen LogP contribution is -2.44. The van der Waals surface area contributed by atoms with Crippen LogP contribution in [0.4, 0.5) is 0 Å². The fourth-order valence-electron chi connectivity index (χ4n) is 3.53. The van der Waals surface area contributed by atoms with Crippen molar-refractivity contribution in [3.8, 4) is 0 Å². The van der Waals surface area contributed by atoms with E-state index in [9.17, 15) is 14.4 Å². The van der Waals surface area contributed by atoms with Gasteiger partial charge in [-0.2, -0.15) is 0 Å². The molecule has 0 fully saturated rings. The first-order valence-corrected chi connectivity index (χ1v) is 11.0. The smallest absolute Gasteiger partial charge is 0.331 e. The normalized spacial score (nSPS) is 11.1. The highest BCUT2D eigenvalue weighted by Gasteiger charge is 2.18. The van der Waals surface area contributed by atoms with E-state index in [4.69, 9.17) is 0 Å². The Morgan fingerprint density at radius 1 is 1.00 bits per heavy atom. The molecule has 2 aromatic heterocycles. The summed E-state index contributed by atoms with van der Waals surface area (Å²) in [6.45, 7) is 5.63. The van der Waals surface area contributed by atoms with Gasteiger partial charge in [0.25, 0.3) is 5.56 Å². The number of nitrogens with zero attached hydrogens (tertiary/aromatic N) is 3. The standard InChI is InChI=1S/C22H27N3O3S/c1-3-12-23(13-4-2)20(26)16-25-19-10-6-5-9-18(19)21(27)24(22(25)28)14-11-17-8-7-15-29-17/h5-10,15H,3-4,11-14,16H2,1-2H3. The molecule has 0 unspecified atom stereocenters. The van der Waals surface area contributed by atoms with Gasteiger partial charge in [-0.1, -0.05) is 32.0 Å². The third-order valence-electron chi connectivity index (χ3n) is 4.93. The van der Waals surface area contributed by atoms with Gasteiger partial charge in [0, 0.05) is 24.5 Å². The van der Waals surface area contributed by atoms with Crippen LogP contribution < -0.4 is 11.2 Å². The number of thiophene rings is 1. The third-order valence-corrected chi connectivity index (χ3v) is 5.86. The predicted molar refractivity (Wildman–Crippen MR) is 118 cm³/mol. The first-order valence-electron chi connectivity index (χ1n) is 10.1. The largest absolute Gasteiger partial charge is 0.341 e. The molecule has 0 bridgehead atoms. The molecule has 1 amide bonds. The highest BCUT2D eigenvalue weighted by atomic mass is 32.1. The van der Waals surface area contributed by atoms with E-state index in [1.807, 2.05) is 31.4 Å². The number of aryl methyl sites for hydroxylation is 1. The van der Waals surface area contributed by atoms with Gasteiger partial charge in [-0.25, -0.2) is 4.79 Å². The lowest BCUT2D eigenvalue weighted by molar-refractivity contribution is -0.131. The van der Waals surface area contributed by atoms with Crippen LogP contribution in [0.25, 0.3) is 10.9 Å². The summed E-state index contributed by atoms with van der Waals surface area (Å²) in [6, 6.07) is 11.0. The van der Waals surface area contributed by atoms with Crippen molar-refractivity contribution in [3.05, 3.63) is 67.5 Å². The molecule has 0 aliphatic heterocycles. The Morgan fingerprint density at radius 2 is 1.72 bits per heavy atom. The Bertz CT molecular complexity index is 1080. The van der Waals surface area contributed by atoms with Crippen LogP contribution in [0.15, 0.2) is 51.4 Å². The van der Waals surface area contributed by atoms with E-state index >= 15 is 0 Å².